The van der Waals surface area contributed by atoms with E-state index in [1.165, 1.54) is 11.3 Å². The van der Waals surface area contributed by atoms with Crippen LogP contribution in [0.5, 0.6) is 0 Å². The largest absolute Gasteiger partial charge is 0.547 e. The molecule has 0 bridgehead atoms. The maximum Gasteiger partial charge on any atom is 0.241 e. The molecule has 0 aromatic heterocycles. The van der Waals surface area contributed by atoms with Crippen molar-refractivity contribution in [3.05, 3.63) is 23.5 Å². The van der Waals surface area contributed by atoms with Gasteiger partial charge in [0.2, 0.25) is 8.32 Å². The fraction of sp³-hybridized carbons (Fsp3) is 0.600. The van der Waals surface area contributed by atoms with Crippen LogP contribution in [0.25, 0.3) is 0 Å². The third-order valence-electron chi connectivity index (χ3n) is 1.76. The Hall–Kier alpha value is -0.503. The molecule has 12 heavy (non-hydrogen) atoms. The van der Waals surface area contributed by atoms with Gasteiger partial charge in [-0.15, -0.1) is 0 Å². The summed E-state index contributed by atoms with van der Waals surface area (Å²) < 4.78 is 5.88. The van der Waals surface area contributed by atoms with Gasteiger partial charge in [0.25, 0.3) is 0 Å². The normalized spacial score (nSPS) is 18.3. The molecule has 1 rings (SSSR count). The van der Waals surface area contributed by atoms with Crippen molar-refractivity contribution < 1.29 is 4.43 Å². The Kier molecular flexibility index (Phi) is 2.78. The molecule has 68 valence electrons. The van der Waals surface area contributed by atoms with Gasteiger partial charge in [-0.1, -0.05) is 11.6 Å². The Bertz CT molecular complexity index is 220. The van der Waals surface area contributed by atoms with Gasteiger partial charge >= 0.3 is 0 Å². The lowest BCUT2D eigenvalue weighted by atomic mass is 10.1. The third kappa shape index (κ3) is 3.26. The van der Waals surface area contributed by atoms with Gasteiger partial charge in [0.1, 0.15) is 0 Å². The minimum absolute atomic E-state index is 1.09. The van der Waals surface area contributed by atoms with Gasteiger partial charge in [0.15, 0.2) is 0 Å². The average molecular weight is 182 g/mol. The van der Waals surface area contributed by atoms with Crippen molar-refractivity contribution in [1.82, 2.24) is 0 Å². The van der Waals surface area contributed by atoms with Crippen molar-refractivity contribution >= 4 is 8.32 Å². The highest BCUT2D eigenvalue weighted by Gasteiger charge is 2.18. The smallest absolute Gasteiger partial charge is 0.241 e. The first-order valence-electron chi connectivity index (χ1n) is 4.53. The van der Waals surface area contributed by atoms with Crippen molar-refractivity contribution in [3.8, 4) is 0 Å². The summed E-state index contributed by atoms with van der Waals surface area (Å²) in [5, 5.41) is 0. The molecule has 0 atom stereocenters. The molecule has 0 fully saturated rings. The van der Waals surface area contributed by atoms with Gasteiger partial charge in [-0.05, 0) is 39.1 Å². The van der Waals surface area contributed by atoms with E-state index in [1.807, 2.05) is 0 Å². The Morgan fingerprint density at radius 2 is 1.83 bits per heavy atom. The Labute approximate surface area is 76.3 Å². The fourth-order valence-electron chi connectivity index (χ4n) is 1.20. The summed E-state index contributed by atoms with van der Waals surface area (Å²) in [5.74, 6) is 1.18. The van der Waals surface area contributed by atoms with Gasteiger partial charge in [0, 0.05) is 6.42 Å². The number of rotatable bonds is 2. The lowest BCUT2D eigenvalue weighted by molar-refractivity contribution is 0.397. The Balaban J connectivity index is 2.55. The quantitative estimate of drug-likeness (QED) is 0.594. The predicted octanol–water partition coefficient (Wildman–Crippen LogP) is 3.46. The summed E-state index contributed by atoms with van der Waals surface area (Å²) in [5.41, 5.74) is 1.46. The van der Waals surface area contributed by atoms with Crippen molar-refractivity contribution in [1.29, 1.82) is 0 Å². The van der Waals surface area contributed by atoms with Crippen molar-refractivity contribution in [3.63, 3.8) is 0 Å². The van der Waals surface area contributed by atoms with Crippen LogP contribution in [0, 0.1) is 0 Å². The minimum atomic E-state index is -1.36. The van der Waals surface area contributed by atoms with E-state index in [0.29, 0.717) is 0 Å². The van der Waals surface area contributed by atoms with Crippen molar-refractivity contribution in [2.45, 2.75) is 39.4 Å². The molecular weight excluding hydrogens is 164 g/mol. The van der Waals surface area contributed by atoms with Crippen LogP contribution < -0.4 is 0 Å². The summed E-state index contributed by atoms with van der Waals surface area (Å²) >= 11 is 0. The van der Waals surface area contributed by atoms with Gasteiger partial charge < -0.3 is 4.43 Å². The van der Waals surface area contributed by atoms with E-state index < -0.39 is 8.32 Å². The molecule has 0 radical (unpaired) electrons. The minimum Gasteiger partial charge on any atom is -0.547 e. The Morgan fingerprint density at radius 1 is 1.17 bits per heavy atom. The molecule has 0 saturated heterocycles. The zero-order valence-electron chi connectivity index (χ0n) is 8.48. The van der Waals surface area contributed by atoms with E-state index in [9.17, 15) is 0 Å². The van der Waals surface area contributed by atoms with Crippen LogP contribution in [0.15, 0.2) is 23.5 Å². The maximum atomic E-state index is 5.88. The SMILES string of the molecule is CC1=CC=C(O[Si](C)(C)C)CC1. The van der Waals surface area contributed by atoms with Crippen LogP contribution in [-0.2, 0) is 4.43 Å². The molecule has 1 aliphatic rings. The highest BCUT2D eigenvalue weighted by molar-refractivity contribution is 6.70. The van der Waals surface area contributed by atoms with E-state index in [4.69, 9.17) is 4.43 Å². The lowest BCUT2D eigenvalue weighted by Gasteiger charge is -2.23. The van der Waals surface area contributed by atoms with E-state index in [0.717, 1.165) is 12.8 Å². The molecule has 0 heterocycles. The summed E-state index contributed by atoms with van der Waals surface area (Å²) in [6.45, 7) is 8.83. The molecule has 0 amide bonds. The van der Waals surface area contributed by atoms with Crippen LogP contribution in [-0.4, -0.2) is 8.32 Å². The first-order chi connectivity index (χ1) is 5.47. The predicted molar refractivity (Wildman–Crippen MR) is 55.5 cm³/mol. The summed E-state index contributed by atoms with van der Waals surface area (Å²) in [4.78, 5) is 0. The van der Waals surface area contributed by atoms with Gasteiger partial charge in [0.05, 0.1) is 5.76 Å². The highest BCUT2D eigenvalue weighted by Crippen LogP contribution is 2.21. The lowest BCUT2D eigenvalue weighted by Crippen LogP contribution is -2.25. The van der Waals surface area contributed by atoms with Crippen molar-refractivity contribution in [2.75, 3.05) is 0 Å². The second-order valence-electron chi connectivity index (χ2n) is 4.36. The maximum absolute atomic E-state index is 5.88. The van der Waals surface area contributed by atoms with Crippen LogP contribution in [0.3, 0.4) is 0 Å². The van der Waals surface area contributed by atoms with Crippen molar-refractivity contribution in [2.24, 2.45) is 0 Å². The average Bonchev–Trinajstić information content (AvgIpc) is 1.91. The molecule has 0 saturated carbocycles. The monoisotopic (exact) mass is 182 g/mol. The summed E-state index contributed by atoms with van der Waals surface area (Å²) in [7, 11) is -1.36. The Morgan fingerprint density at radius 3 is 2.25 bits per heavy atom. The van der Waals surface area contributed by atoms with Crippen LogP contribution in [0.4, 0.5) is 0 Å². The van der Waals surface area contributed by atoms with Gasteiger partial charge in [-0.25, -0.2) is 0 Å². The van der Waals surface area contributed by atoms with Crippen LogP contribution in [0.1, 0.15) is 19.8 Å². The molecule has 0 aromatic rings. The van der Waals surface area contributed by atoms with E-state index >= 15 is 0 Å². The second-order valence-corrected chi connectivity index (χ2v) is 8.79. The molecule has 1 aliphatic carbocycles. The molecule has 1 nitrogen and oxygen atoms in total. The second kappa shape index (κ2) is 3.48. The van der Waals surface area contributed by atoms with E-state index in [2.05, 4.69) is 38.7 Å². The summed E-state index contributed by atoms with van der Waals surface area (Å²) in [6.07, 6.45) is 6.54. The standard InChI is InChI=1S/C10H18OSi/c1-9-5-7-10(8-6-9)11-12(2,3)4/h5,7H,6,8H2,1-4H3. The highest BCUT2D eigenvalue weighted by atomic mass is 28.4. The van der Waals surface area contributed by atoms with Gasteiger partial charge in [-0.3, -0.25) is 0 Å². The van der Waals surface area contributed by atoms with Crippen LogP contribution >= 0.6 is 0 Å². The molecule has 0 aromatic carbocycles. The van der Waals surface area contributed by atoms with E-state index in [1.54, 1.807) is 0 Å². The molecule has 0 spiro atoms. The zero-order valence-corrected chi connectivity index (χ0v) is 9.48. The molecule has 2 heteroatoms. The molecule has 0 N–H and O–H groups in total. The first kappa shape index (κ1) is 9.58. The number of hydrogen-bond donors (Lipinski definition) is 0. The molecular formula is C10H18OSi. The topological polar surface area (TPSA) is 9.23 Å². The molecule has 0 aliphatic heterocycles. The molecule has 0 unspecified atom stereocenters. The van der Waals surface area contributed by atoms with E-state index in [-0.39, 0.29) is 0 Å². The van der Waals surface area contributed by atoms with Crippen LogP contribution in [0.2, 0.25) is 19.6 Å². The summed E-state index contributed by atoms with van der Waals surface area (Å²) in [6, 6.07) is 0. The zero-order chi connectivity index (χ0) is 9.19. The number of allylic oxidation sites excluding steroid dienone is 4. The third-order valence-corrected chi connectivity index (χ3v) is 2.63. The number of hydrogen-bond acceptors (Lipinski definition) is 1. The fourth-order valence-corrected chi connectivity index (χ4v) is 2.16. The van der Waals surface area contributed by atoms with Gasteiger partial charge in [-0.2, -0.15) is 0 Å². The first-order valence-corrected chi connectivity index (χ1v) is 7.93.